The molecule has 0 fully saturated rings. The summed E-state index contributed by atoms with van der Waals surface area (Å²) in [7, 11) is 0. The van der Waals surface area contributed by atoms with E-state index in [1.54, 1.807) is 13.0 Å². The molecule has 1 unspecified atom stereocenters. The van der Waals surface area contributed by atoms with Crippen LogP contribution in [0, 0.1) is 5.92 Å². The molecule has 6 heteroatoms. The second-order valence-corrected chi connectivity index (χ2v) is 5.10. The van der Waals surface area contributed by atoms with Crippen LogP contribution in [0.5, 0.6) is 0 Å². The predicted octanol–water partition coefficient (Wildman–Crippen LogP) is 1.47. The lowest BCUT2D eigenvalue weighted by molar-refractivity contribution is -0.141. The van der Waals surface area contributed by atoms with E-state index in [9.17, 15) is 9.59 Å². The van der Waals surface area contributed by atoms with Crippen LogP contribution in [0.1, 0.15) is 19.5 Å². The van der Waals surface area contributed by atoms with Gasteiger partial charge < -0.3 is 10.1 Å². The van der Waals surface area contributed by atoms with E-state index < -0.39 is 11.9 Å². The van der Waals surface area contributed by atoms with E-state index >= 15 is 0 Å². The SMILES string of the molecule is CCN(Cc1nc2ccccc2[nH]c1=O)CC(C)C(=O)O. The van der Waals surface area contributed by atoms with Gasteiger partial charge in [-0.15, -0.1) is 0 Å². The van der Waals surface area contributed by atoms with Crippen LogP contribution in [0.3, 0.4) is 0 Å². The molecule has 0 aliphatic carbocycles. The number of benzene rings is 1. The van der Waals surface area contributed by atoms with Crippen molar-refractivity contribution in [2.45, 2.75) is 20.4 Å². The number of hydrogen-bond acceptors (Lipinski definition) is 4. The maximum Gasteiger partial charge on any atom is 0.307 e. The number of aliphatic carboxylic acids is 1. The van der Waals surface area contributed by atoms with Crippen molar-refractivity contribution in [3.8, 4) is 0 Å². The maximum atomic E-state index is 12.0. The molecule has 0 saturated heterocycles. The summed E-state index contributed by atoms with van der Waals surface area (Å²) in [6.07, 6.45) is 0. The molecular formula is C15H19N3O3. The Morgan fingerprint density at radius 3 is 2.81 bits per heavy atom. The molecule has 0 bridgehead atoms. The number of carbonyl (C=O) groups is 1. The number of H-pyrrole nitrogens is 1. The Morgan fingerprint density at radius 2 is 2.14 bits per heavy atom. The topological polar surface area (TPSA) is 86.3 Å². The smallest absolute Gasteiger partial charge is 0.307 e. The largest absolute Gasteiger partial charge is 0.481 e. The molecule has 2 rings (SSSR count). The van der Waals surface area contributed by atoms with Gasteiger partial charge in [0.2, 0.25) is 0 Å². The molecule has 1 aromatic heterocycles. The predicted molar refractivity (Wildman–Crippen MR) is 80.1 cm³/mol. The molecule has 0 spiro atoms. The van der Waals surface area contributed by atoms with Gasteiger partial charge in [0.05, 0.1) is 17.0 Å². The highest BCUT2D eigenvalue weighted by molar-refractivity contribution is 5.73. The Balaban J connectivity index is 2.23. The fourth-order valence-electron chi connectivity index (χ4n) is 2.16. The zero-order chi connectivity index (χ0) is 15.4. The molecule has 0 aliphatic heterocycles. The van der Waals surface area contributed by atoms with Crippen molar-refractivity contribution in [1.29, 1.82) is 0 Å². The molecule has 112 valence electrons. The first kappa shape index (κ1) is 15.2. The van der Waals surface area contributed by atoms with Gasteiger partial charge in [-0.25, -0.2) is 4.98 Å². The second-order valence-electron chi connectivity index (χ2n) is 5.10. The minimum atomic E-state index is -0.839. The number of carboxylic acids is 1. The number of aromatic amines is 1. The van der Waals surface area contributed by atoms with Gasteiger partial charge >= 0.3 is 5.97 Å². The summed E-state index contributed by atoms with van der Waals surface area (Å²) in [6, 6.07) is 7.34. The van der Waals surface area contributed by atoms with E-state index in [0.717, 1.165) is 5.52 Å². The van der Waals surface area contributed by atoms with Crippen LogP contribution in [0.2, 0.25) is 0 Å². The van der Waals surface area contributed by atoms with E-state index in [1.165, 1.54) is 0 Å². The van der Waals surface area contributed by atoms with Gasteiger partial charge in [0.25, 0.3) is 5.56 Å². The number of rotatable bonds is 6. The van der Waals surface area contributed by atoms with Crippen LogP contribution in [-0.2, 0) is 11.3 Å². The van der Waals surface area contributed by atoms with Gasteiger partial charge in [0, 0.05) is 13.1 Å². The van der Waals surface area contributed by atoms with E-state index in [0.29, 0.717) is 30.8 Å². The summed E-state index contributed by atoms with van der Waals surface area (Å²) in [5, 5.41) is 8.98. The van der Waals surface area contributed by atoms with Crippen LogP contribution in [0.25, 0.3) is 11.0 Å². The average Bonchev–Trinajstić information content (AvgIpc) is 2.46. The van der Waals surface area contributed by atoms with Crippen molar-refractivity contribution in [2.75, 3.05) is 13.1 Å². The zero-order valence-corrected chi connectivity index (χ0v) is 12.2. The molecule has 0 radical (unpaired) electrons. The van der Waals surface area contributed by atoms with Crippen LogP contribution < -0.4 is 5.56 Å². The Labute approximate surface area is 122 Å². The highest BCUT2D eigenvalue weighted by Gasteiger charge is 2.17. The summed E-state index contributed by atoms with van der Waals surface area (Å²) in [4.78, 5) is 32.1. The van der Waals surface area contributed by atoms with Gasteiger partial charge in [-0.3, -0.25) is 14.5 Å². The van der Waals surface area contributed by atoms with E-state index in [-0.39, 0.29) is 5.56 Å². The van der Waals surface area contributed by atoms with Crippen LogP contribution in [0.4, 0.5) is 0 Å². The molecule has 1 aromatic carbocycles. The summed E-state index contributed by atoms with van der Waals surface area (Å²) in [5.74, 6) is -1.32. The third-order valence-electron chi connectivity index (χ3n) is 3.44. The van der Waals surface area contributed by atoms with E-state index in [4.69, 9.17) is 5.11 Å². The maximum absolute atomic E-state index is 12.0. The lowest BCUT2D eigenvalue weighted by atomic mass is 10.1. The van der Waals surface area contributed by atoms with Crippen molar-refractivity contribution < 1.29 is 9.90 Å². The standard InChI is InChI=1S/C15H19N3O3/c1-3-18(8-10(2)15(20)21)9-13-14(19)17-12-7-5-4-6-11(12)16-13/h4-7,10H,3,8-9H2,1-2H3,(H,17,19)(H,20,21). The van der Waals surface area contributed by atoms with Gasteiger partial charge in [0.15, 0.2) is 0 Å². The summed E-state index contributed by atoms with van der Waals surface area (Å²) in [5.41, 5.74) is 1.62. The minimum Gasteiger partial charge on any atom is -0.481 e. The second kappa shape index (κ2) is 6.49. The first-order chi connectivity index (χ1) is 10.0. The molecule has 0 amide bonds. The number of carboxylic acid groups (broad SMARTS) is 1. The van der Waals surface area contributed by atoms with Gasteiger partial charge in [0.1, 0.15) is 5.69 Å². The summed E-state index contributed by atoms with van der Waals surface area (Å²) in [6.45, 7) is 4.98. The highest BCUT2D eigenvalue weighted by atomic mass is 16.4. The molecule has 1 heterocycles. The van der Waals surface area contributed by atoms with Crippen molar-refractivity contribution in [3.05, 3.63) is 40.3 Å². The van der Waals surface area contributed by atoms with Crippen LogP contribution >= 0.6 is 0 Å². The van der Waals surface area contributed by atoms with E-state index in [1.807, 2.05) is 30.0 Å². The van der Waals surface area contributed by atoms with Gasteiger partial charge in [-0.2, -0.15) is 0 Å². The Kier molecular flexibility index (Phi) is 4.70. The van der Waals surface area contributed by atoms with Crippen molar-refractivity contribution in [1.82, 2.24) is 14.9 Å². The summed E-state index contributed by atoms with van der Waals surface area (Å²) < 4.78 is 0. The fourth-order valence-corrected chi connectivity index (χ4v) is 2.16. The first-order valence-electron chi connectivity index (χ1n) is 6.94. The van der Waals surface area contributed by atoms with Crippen LogP contribution in [0.15, 0.2) is 29.1 Å². The number of para-hydroxylation sites is 2. The fraction of sp³-hybridized carbons (Fsp3) is 0.400. The number of nitrogens with one attached hydrogen (secondary N) is 1. The molecule has 21 heavy (non-hydrogen) atoms. The van der Waals surface area contributed by atoms with Crippen molar-refractivity contribution >= 4 is 17.0 Å². The van der Waals surface area contributed by atoms with Crippen molar-refractivity contribution in [2.24, 2.45) is 5.92 Å². The molecule has 6 nitrogen and oxygen atoms in total. The number of fused-ring (bicyclic) bond motifs is 1. The number of nitrogens with zero attached hydrogens (tertiary/aromatic N) is 2. The minimum absolute atomic E-state index is 0.227. The normalized spacial score (nSPS) is 12.7. The Morgan fingerprint density at radius 1 is 1.43 bits per heavy atom. The number of hydrogen-bond donors (Lipinski definition) is 2. The highest BCUT2D eigenvalue weighted by Crippen LogP contribution is 2.08. The zero-order valence-electron chi connectivity index (χ0n) is 12.2. The molecule has 2 N–H and O–H groups in total. The quantitative estimate of drug-likeness (QED) is 0.841. The van der Waals surface area contributed by atoms with Crippen LogP contribution in [-0.4, -0.2) is 39.0 Å². The Hall–Kier alpha value is -2.21. The summed E-state index contributed by atoms with van der Waals surface area (Å²) >= 11 is 0. The average molecular weight is 289 g/mol. The first-order valence-corrected chi connectivity index (χ1v) is 6.94. The van der Waals surface area contributed by atoms with Gasteiger partial charge in [-0.05, 0) is 18.7 Å². The molecule has 2 aromatic rings. The monoisotopic (exact) mass is 289 g/mol. The lowest BCUT2D eigenvalue weighted by Crippen LogP contribution is -2.33. The molecular weight excluding hydrogens is 270 g/mol. The molecule has 1 atom stereocenters. The molecule has 0 saturated carbocycles. The third-order valence-corrected chi connectivity index (χ3v) is 3.44. The lowest BCUT2D eigenvalue weighted by Gasteiger charge is -2.21. The molecule has 0 aliphatic rings. The van der Waals surface area contributed by atoms with Gasteiger partial charge in [-0.1, -0.05) is 26.0 Å². The van der Waals surface area contributed by atoms with Crippen molar-refractivity contribution in [3.63, 3.8) is 0 Å². The number of aromatic nitrogens is 2. The third kappa shape index (κ3) is 3.66. The Bertz CT molecular complexity index is 696. The van der Waals surface area contributed by atoms with E-state index in [2.05, 4.69) is 9.97 Å².